The molecule has 9 nitrogen and oxygen atoms in total. The summed E-state index contributed by atoms with van der Waals surface area (Å²) >= 11 is 0. The number of hydrogen-bond acceptors (Lipinski definition) is 7. The van der Waals surface area contributed by atoms with E-state index in [0.29, 0.717) is 5.56 Å². The van der Waals surface area contributed by atoms with Crippen LogP contribution < -0.4 is 4.74 Å². The maximum atomic E-state index is 11.0. The molecule has 1 heterocycles. The predicted octanol–water partition coefficient (Wildman–Crippen LogP) is -0.945. The normalized spacial score (nSPS) is 30.2. The summed E-state index contributed by atoms with van der Waals surface area (Å²) in [5.41, 5.74) is 0.336. The molecule has 1 aromatic rings. The summed E-state index contributed by atoms with van der Waals surface area (Å²) in [6.07, 6.45) is -6.54. The number of rotatable bonds is 5. The maximum absolute atomic E-state index is 11.0. The van der Waals surface area contributed by atoms with E-state index in [2.05, 4.69) is 0 Å². The molecule has 1 aliphatic heterocycles. The number of ether oxygens (including phenoxy) is 2. The molecule has 2 rings (SSSR count). The van der Waals surface area contributed by atoms with E-state index in [1.54, 1.807) is 12.1 Å². The summed E-state index contributed by atoms with van der Waals surface area (Å²) in [5.74, 6) is -2.60. The van der Waals surface area contributed by atoms with Crippen molar-refractivity contribution in [1.29, 1.82) is 0 Å². The van der Waals surface area contributed by atoms with Gasteiger partial charge < -0.3 is 35.0 Å². The monoisotopic (exact) mass is 340 g/mol. The van der Waals surface area contributed by atoms with Gasteiger partial charge in [0, 0.05) is 11.6 Å². The van der Waals surface area contributed by atoms with Crippen molar-refractivity contribution >= 4 is 18.0 Å². The Kier molecular flexibility index (Phi) is 5.52. The summed E-state index contributed by atoms with van der Waals surface area (Å²) in [6, 6.07) is 6.17. The van der Waals surface area contributed by atoms with Crippen LogP contribution in [0.4, 0.5) is 0 Å². The molecule has 130 valence electrons. The summed E-state index contributed by atoms with van der Waals surface area (Å²) in [5, 5.41) is 46.9. The lowest BCUT2D eigenvalue weighted by Gasteiger charge is -2.38. The number of benzene rings is 1. The maximum Gasteiger partial charge on any atom is 0.335 e. The van der Waals surface area contributed by atoms with Crippen molar-refractivity contribution in [3.8, 4) is 5.75 Å². The van der Waals surface area contributed by atoms with Gasteiger partial charge in [-0.2, -0.15) is 0 Å². The largest absolute Gasteiger partial charge is 0.479 e. The van der Waals surface area contributed by atoms with E-state index in [-0.39, 0.29) is 5.75 Å². The van der Waals surface area contributed by atoms with Gasteiger partial charge in [0.05, 0.1) is 0 Å². The van der Waals surface area contributed by atoms with Crippen molar-refractivity contribution in [3.63, 3.8) is 0 Å². The van der Waals surface area contributed by atoms with Crippen LogP contribution in [0.1, 0.15) is 5.56 Å². The predicted molar refractivity (Wildman–Crippen MR) is 78.1 cm³/mol. The summed E-state index contributed by atoms with van der Waals surface area (Å²) < 4.78 is 10.4. The molecule has 5 atom stereocenters. The second-order valence-electron chi connectivity index (χ2n) is 5.06. The molecule has 1 saturated heterocycles. The Hall–Kier alpha value is -2.46. The van der Waals surface area contributed by atoms with Crippen LogP contribution in [0.3, 0.4) is 0 Å². The van der Waals surface area contributed by atoms with E-state index in [1.807, 2.05) is 0 Å². The van der Waals surface area contributed by atoms with Gasteiger partial charge in [0.15, 0.2) is 6.10 Å². The fourth-order valence-electron chi connectivity index (χ4n) is 2.16. The van der Waals surface area contributed by atoms with Crippen LogP contribution in [0.2, 0.25) is 0 Å². The van der Waals surface area contributed by atoms with Gasteiger partial charge in [-0.15, -0.1) is 0 Å². The lowest BCUT2D eigenvalue weighted by Crippen LogP contribution is -2.61. The van der Waals surface area contributed by atoms with Crippen LogP contribution in [0.25, 0.3) is 6.08 Å². The Morgan fingerprint density at radius 2 is 1.71 bits per heavy atom. The van der Waals surface area contributed by atoms with Crippen LogP contribution in [0.15, 0.2) is 30.3 Å². The van der Waals surface area contributed by atoms with E-state index >= 15 is 0 Å². The molecule has 24 heavy (non-hydrogen) atoms. The van der Waals surface area contributed by atoms with Gasteiger partial charge in [-0.05, 0) is 12.1 Å². The zero-order chi connectivity index (χ0) is 17.9. The van der Waals surface area contributed by atoms with E-state index in [0.717, 1.165) is 6.08 Å². The van der Waals surface area contributed by atoms with E-state index in [1.165, 1.54) is 18.2 Å². The highest BCUT2D eigenvalue weighted by molar-refractivity contribution is 5.85. The molecule has 1 aliphatic rings. The van der Waals surface area contributed by atoms with E-state index in [4.69, 9.17) is 19.7 Å². The van der Waals surface area contributed by atoms with Crippen molar-refractivity contribution in [2.45, 2.75) is 30.7 Å². The first-order valence-corrected chi connectivity index (χ1v) is 6.90. The van der Waals surface area contributed by atoms with Gasteiger partial charge in [-0.3, -0.25) is 0 Å². The smallest absolute Gasteiger partial charge is 0.335 e. The Morgan fingerprint density at radius 1 is 1.04 bits per heavy atom. The van der Waals surface area contributed by atoms with Crippen molar-refractivity contribution in [1.82, 2.24) is 0 Å². The lowest BCUT2D eigenvalue weighted by atomic mass is 9.99. The van der Waals surface area contributed by atoms with Gasteiger partial charge >= 0.3 is 11.9 Å². The topological polar surface area (TPSA) is 154 Å². The third-order valence-electron chi connectivity index (χ3n) is 3.38. The number of carboxylic acids is 2. The highest BCUT2D eigenvalue weighted by Crippen LogP contribution is 2.27. The molecule has 1 aromatic carbocycles. The number of hydrogen-bond donors (Lipinski definition) is 5. The summed E-state index contributed by atoms with van der Waals surface area (Å²) in [4.78, 5) is 21.7. The number of para-hydroxylation sites is 1. The van der Waals surface area contributed by atoms with Crippen molar-refractivity contribution in [3.05, 3.63) is 35.9 Å². The van der Waals surface area contributed by atoms with Gasteiger partial charge in [0.25, 0.3) is 0 Å². The number of aliphatic carboxylic acids is 2. The molecule has 0 radical (unpaired) electrons. The number of carboxylic acid groups (broad SMARTS) is 2. The fourth-order valence-corrected chi connectivity index (χ4v) is 2.16. The molecular formula is C15H16O9. The zero-order valence-corrected chi connectivity index (χ0v) is 12.2. The standard InChI is InChI=1S/C15H16O9/c16-9(17)6-5-7-3-1-2-4-8(7)23-15-12(20)10(18)11(19)13(24-15)14(21)22/h1-6,10-13,15,18-20H,(H,16,17)(H,21,22)/b6-5-. The van der Waals surface area contributed by atoms with Crippen LogP contribution in [-0.2, 0) is 14.3 Å². The first kappa shape index (κ1) is 17.9. The van der Waals surface area contributed by atoms with Crippen molar-refractivity contribution in [2.75, 3.05) is 0 Å². The van der Waals surface area contributed by atoms with Gasteiger partial charge in [0.1, 0.15) is 24.1 Å². The molecule has 0 spiro atoms. The third-order valence-corrected chi connectivity index (χ3v) is 3.38. The molecule has 0 aromatic heterocycles. The van der Waals surface area contributed by atoms with Crippen molar-refractivity contribution in [2.24, 2.45) is 0 Å². The minimum Gasteiger partial charge on any atom is -0.479 e. The van der Waals surface area contributed by atoms with Crippen molar-refractivity contribution < 1.29 is 44.6 Å². The Bertz CT molecular complexity index is 642. The number of carbonyl (C=O) groups is 2. The SMILES string of the molecule is O=C(O)/C=C\c1ccccc1OC1OC(C(=O)O)C(O)C(O)C1O. The summed E-state index contributed by atoms with van der Waals surface area (Å²) in [6.45, 7) is 0. The number of aliphatic hydroxyl groups excluding tert-OH is 3. The quantitative estimate of drug-likeness (QED) is 0.427. The zero-order valence-electron chi connectivity index (χ0n) is 12.2. The molecule has 5 unspecified atom stereocenters. The first-order chi connectivity index (χ1) is 11.3. The average molecular weight is 340 g/mol. The third kappa shape index (κ3) is 3.89. The highest BCUT2D eigenvalue weighted by Gasteiger charge is 2.48. The van der Waals surface area contributed by atoms with Crippen LogP contribution in [0.5, 0.6) is 5.75 Å². The van der Waals surface area contributed by atoms with E-state index < -0.39 is 42.6 Å². The molecule has 5 N–H and O–H groups in total. The molecule has 0 aliphatic carbocycles. The highest BCUT2D eigenvalue weighted by atomic mass is 16.7. The molecule has 0 saturated carbocycles. The van der Waals surface area contributed by atoms with E-state index in [9.17, 15) is 24.9 Å². The molecule has 0 amide bonds. The Labute approximate surface area is 136 Å². The molecular weight excluding hydrogens is 324 g/mol. The molecule has 1 fully saturated rings. The van der Waals surface area contributed by atoms with Crippen LogP contribution >= 0.6 is 0 Å². The van der Waals surface area contributed by atoms with Crippen LogP contribution in [0, 0.1) is 0 Å². The van der Waals surface area contributed by atoms with Crippen LogP contribution in [-0.4, -0.2) is 68.2 Å². The summed E-state index contributed by atoms with van der Waals surface area (Å²) in [7, 11) is 0. The lowest BCUT2D eigenvalue weighted by molar-refractivity contribution is -0.271. The second-order valence-corrected chi connectivity index (χ2v) is 5.06. The van der Waals surface area contributed by atoms with Gasteiger partial charge in [-0.1, -0.05) is 18.2 Å². The number of aliphatic hydroxyl groups is 3. The van der Waals surface area contributed by atoms with Gasteiger partial charge in [0.2, 0.25) is 6.29 Å². The average Bonchev–Trinajstić information content (AvgIpc) is 2.54. The minimum absolute atomic E-state index is 0.103. The fraction of sp³-hybridized carbons (Fsp3) is 0.333. The molecule has 9 heteroatoms. The first-order valence-electron chi connectivity index (χ1n) is 6.90. The Morgan fingerprint density at radius 3 is 2.33 bits per heavy atom. The Balaban J connectivity index is 2.23. The molecule has 0 bridgehead atoms. The minimum atomic E-state index is -1.82. The second kappa shape index (κ2) is 7.41. The van der Waals surface area contributed by atoms with Gasteiger partial charge in [-0.25, -0.2) is 9.59 Å².